The molecule has 0 fully saturated rings. The van der Waals surface area contributed by atoms with Gasteiger partial charge in [0.15, 0.2) is 0 Å². The van der Waals surface area contributed by atoms with Crippen LogP contribution >= 0.6 is 11.8 Å². The number of benzene rings is 5. The first-order valence-electron chi connectivity index (χ1n) is 12.6. The van der Waals surface area contributed by atoms with Crippen LogP contribution in [0.25, 0.3) is 22.0 Å². The minimum atomic E-state index is -2.22. The number of fused-ring (bicyclic) bond motifs is 1. The molecule has 1 unspecified atom stereocenters. The molecule has 0 aliphatic heterocycles. The van der Waals surface area contributed by atoms with Crippen molar-refractivity contribution in [2.24, 2.45) is 0 Å². The second-order valence-electron chi connectivity index (χ2n) is 9.77. The minimum Gasteiger partial charge on any atom is -0.0895 e. The molecule has 0 aliphatic rings. The fourth-order valence-corrected chi connectivity index (χ4v) is 10.2. The van der Waals surface area contributed by atoms with Crippen LogP contribution in [0.15, 0.2) is 137 Å². The lowest BCUT2D eigenvalue weighted by atomic mass is 10.1. The fourth-order valence-electron chi connectivity index (χ4n) is 5.07. The van der Waals surface area contributed by atoms with Gasteiger partial charge in [-0.2, -0.15) is 0 Å². The van der Waals surface area contributed by atoms with E-state index < -0.39 is 8.07 Å². The molecule has 0 nitrogen and oxygen atoms in total. The average molecular weight is 501 g/mol. The van der Waals surface area contributed by atoms with Crippen molar-refractivity contribution in [2.75, 3.05) is 0 Å². The SMILES string of the molecule is CC(C)[Si](C)(/C(=C/c1ccccc1)c1ccccc1)c1cccc2cccc(Sc3ccccc3)c12. The van der Waals surface area contributed by atoms with Crippen molar-refractivity contribution >= 4 is 47.1 Å². The topological polar surface area (TPSA) is 0 Å². The molecule has 0 spiro atoms. The Morgan fingerprint density at radius 2 is 1.25 bits per heavy atom. The van der Waals surface area contributed by atoms with Crippen LogP contribution in [-0.2, 0) is 0 Å². The Bertz CT molecular complexity index is 1470. The highest BCUT2D eigenvalue weighted by Crippen LogP contribution is 2.40. The van der Waals surface area contributed by atoms with Crippen molar-refractivity contribution in [3.63, 3.8) is 0 Å². The van der Waals surface area contributed by atoms with Gasteiger partial charge in [-0.25, -0.2) is 0 Å². The van der Waals surface area contributed by atoms with E-state index >= 15 is 0 Å². The minimum absolute atomic E-state index is 0.507. The summed E-state index contributed by atoms with van der Waals surface area (Å²) >= 11 is 1.87. The van der Waals surface area contributed by atoms with E-state index in [0.29, 0.717) is 5.54 Å². The van der Waals surface area contributed by atoms with E-state index in [1.807, 2.05) is 11.8 Å². The van der Waals surface area contributed by atoms with Gasteiger partial charge in [0.1, 0.15) is 8.07 Å². The molecule has 1 atom stereocenters. The van der Waals surface area contributed by atoms with Crippen LogP contribution in [0.4, 0.5) is 0 Å². The normalized spacial score (nSPS) is 13.6. The molecule has 0 saturated carbocycles. The second kappa shape index (κ2) is 10.7. The molecule has 36 heavy (non-hydrogen) atoms. The smallest absolute Gasteiger partial charge is 0.0895 e. The summed E-state index contributed by atoms with van der Waals surface area (Å²) in [5, 5.41) is 5.72. The van der Waals surface area contributed by atoms with Gasteiger partial charge in [0.2, 0.25) is 0 Å². The third-order valence-electron chi connectivity index (χ3n) is 7.31. The quantitative estimate of drug-likeness (QED) is 0.158. The zero-order chi connectivity index (χ0) is 25.0. The molecule has 0 aliphatic carbocycles. The third-order valence-corrected chi connectivity index (χ3v) is 13.8. The Labute approximate surface area is 220 Å². The predicted octanol–water partition coefficient (Wildman–Crippen LogP) is 9.47. The van der Waals surface area contributed by atoms with E-state index in [0.717, 1.165) is 0 Å². The predicted molar refractivity (Wildman–Crippen MR) is 162 cm³/mol. The maximum absolute atomic E-state index is 2.57. The molecule has 2 heteroatoms. The molecule has 0 N–H and O–H groups in total. The molecule has 0 aromatic heterocycles. The molecular formula is C34H32SSi. The van der Waals surface area contributed by atoms with E-state index in [1.54, 1.807) is 0 Å². The van der Waals surface area contributed by atoms with Crippen molar-refractivity contribution < 1.29 is 0 Å². The summed E-state index contributed by atoms with van der Waals surface area (Å²) in [5.41, 5.74) is 3.09. The van der Waals surface area contributed by atoms with Crippen LogP contribution in [0.5, 0.6) is 0 Å². The molecule has 5 aromatic rings. The lowest BCUT2D eigenvalue weighted by molar-refractivity contribution is 1.03. The Morgan fingerprint density at radius 1 is 0.667 bits per heavy atom. The van der Waals surface area contributed by atoms with Gasteiger partial charge in [-0.1, -0.05) is 147 Å². The highest BCUT2D eigenvalue weighted by Gasteiger charge is 2.39. The highest BCUT2D eigenvalue weighted by molar-refractivity contribution is 7.99. The van der Waals surface area contributed by atoms with E-state index in [9.17, 15) is 0 Å². The van der Waals surface area contributed by atoms with Gasteiger partial charge in [0.05, 0.1) is 0 Å². The van der Waals surface area contributed by atoms with Gasteiger partial charge in [0, 0.05) is 9.79 Å². The number of hydrogen-bond acceptors (Lipinski definition) is 1. The molecular weight excluding hydrogens is 469 g/mol. The molecule has 5 aromatic carbocycles. The Morgan fingerprint density at radius 3 is 1.89 bits per heavy atom. The van der Waals surface area contributed by atoms with Crippen molar-refractivity contribution in [3.8, 4) is 0 Å². The van der Waals surface area contributed by atoms with Crippen LogP contribution in [0.2, 0.25) is 12.1 Å². The van der Waals surface area contributed by atoms with Gasteiger partial charge < -0.3 is 0 Å². The van der Waals surface area contributed by atoms with Crippen LogP contribution < -0.4 is 5.19 Å². The second-order valence-corrected chi connectivity index (χ2v) is 15.5. The summed E-state index contributed by atoms with van der Waals surface area (Å²) in [6.45, 7) is 7.40. The van der Waals surface area contributed by atoms with Crippen LogP contribution in [0.3, 0.4) is 0 Å². The first-order valence-corrected chi connectivity index (χ1v) is 16.0. The Kier molecular flexibility index (Phi) is 7.27. The summed E-state index contributed by atoms with van der Waals surface area (Å²) in [4.78, 5) is 2.61. The zero-order valence-electron chi connectivity index (χ0n) is 21.2. The van der Waals surface area contributed by atoms with E-state index in [1.165, 1.54) is 42.1 Å². The first-order chi connectivity index (χ1) is 17.6. The van der Waals surface area contributed by atoms with Crippen LogP contribution in [-0.4, -0.2) is 8.07 Å². The van der Waals surface area contributed by atoms with Crippen molar-refractivity contribution in [1.82, 2.24) is 0 Å². The van der Waals surface area contributed by atoms with Gasteiger partial charge >= 0.3 is 0 Å². The maximum Gasteiger partial charge on any atom is 0.119 e. The standard InChI is InChI=1S/C34H32SSi/c1-26(2)36(3,33(28-17-9-5-10-18-28)25-27-15-7-4-8-16-27)32-24-14-20-29-19-13-23-31(34(29)32)35-30-21-11-6-12-22-30/h4-26H,1-3H3/b33-25+. The lowest BCUT2D eigenvalue weighted by Gasteiger charge is -2.37. The molecule has 0 bridgehead atoms. The van der Waals surface area contributed by atoms with E-state index in [4.69, 9.17) is 0 Å². The summed E-state index contributed by atoms with van der Waals surface area (Å²) in [5.74, 6) is 0. The summed E-state index contributed by atoms with van der Waals surface area (Å²) in [6, 6.07) is 46.3. The first kappa shape index (κ1) is 24.4. The zero-order valence-corrected chi connectivity index (χ0v) is 23.0. The Hall–Kier alpha value is -3.33. The Balaban J connectivity index is 1.78. The number of rotatable bonds is 7. The van der Waals surface area contributed by atoms with Crippen molar-refractivity contribution in [1.29, 1.82) is 0 Å². The summed E-state index contributed by atoms with van der Waals surface area (Å²) < 4.78 is 0. The lowest BCUT2D eigenvalue weighted by Crippen LogP contribution is -2.49. The van der Waals surface area contributed by atoms with Gasteiger partial charge in [-0.15, -0.1) is 0 Å². The van der Waals surface area contributed by atoms with E-state index in [-0.39, 0.29) is 0 Å². The van der Waals surface area contributed by atoms with E-state index in [2.05, 4.69) is 154 Å². The molecule has 5 rings (SSSR count). The molecule has 0 amide bonds. The highest BCUT2D eigenvalue weighted by atomic mass is 32.2. The van der Waals surface area contributed by atoms with Gasteiger partial charge in [0.25, 0.3) is 0 Å². The monoisotopic (exact) mass is 500 g/mol. The van der Waals surface area contributed by atoms with Gasteiger partial charge in [-0.05, 0) is 56.0 Å². The largest absolute Gasteiger partial charge is 0.119 e. The maximum atomic E-state index is 2.57. The van der Waals surface area contributed by atoms with Gasteiger partial charge in [-0.3, -0.25) is 0 Å². The molecule has 0 heterocycles. The molecule has 178 valence electrons. The van der Waals surface area contributed by atoms with Crippen LogP contribution in [0.1, 0.15) is 25.0 Å². The number of hydrogen-bond donors (Lipinski definition) is 0. The molecule has 0 saturated heterocycles. The fraction of sp³-hybridized carbons (Fsp3) is 0.118. The molecule has 0 radical (unpaired) electrons. The summed E-state index contributed by atoms with van der Waals surface area (Å²) in [7, 11) is -2.22. The van der Waals surface area contributed by atoms with Crippen molar-refractivity contribution in [2.45, 2.75) is 35.7 Å². The summed E-state index contributed by atoms with van der Waals surface area (Å²) in [6.07, 6.45) is 2.45. The van der Waals surface area contributed by atoms with Crippen LogP contribution in [0, 0.1) is 0 Å². The third kappa shape index (κ3) is 4.84. The van der Waals surface area contributed by atoms with Crippen molar-refractivity contribution in [3.05, 3.63) is 139 Å². The average Bonchev–Trinajstić information content (AvgIpc) is 2.93.